The fraction of sp³-hybridized carbons (Fsp3) is 0.667. The minimum Gasteiger partial charge on any atom is -0.462 e. The molecule has 0 fully saturated rings. The highest BCUT2D eigenvalue weighted by Gasteiger charge is 2.19. The Morgan fingerprint density at radius 1 is 0.688 bits per heavy atom. The van der Waals surface area contributed by atoms with Gasteiger partial charge in [-0.05, 0) is 31.0 Å². The fourth-order valence-corrected chi connectivity index (χ4v) is 3.84. The Bertz CT molecular complexity index is 758. The van der Waals surface area contributed by atoms with Gasteiger partial charge in [0.05, 0.1) is 29.2 Å². The van der Waals surface area contributed by atoms with E-state index < -0.39 is 22.0 Å². The van der Waals surface area contributed by atoms with Crippen LogP contribution < -0.4 is 5.14 Å². The molecule has 1 rings (SSSR count). The smallest absolute Gasteiger partial charge is 0.338 e. The Morgan fingerprint density at radius 2 is 1.06 bits per heavy atom. The summed E-state index contributed by atoms with van der Waals surface area (Å²) in [6.45, 7) is 4.77. The quantitative estimate of drug-likeness (QED) is 0.242. The lowest BCUT2D eigenvalue weighted by Gasteiger charge is -2.10. The molecule has 1 aromatic rings. The van der Waals surface area contributed by atoms with Gasteiger partial charge in [-0.3, -0.25) is 0 Å². The SMILES string of the molecule is CCCCCCCCOC(=O)c1cc(C(=O)OCCCCCCCC)cc(S(N)(=O)=O)c1. The van der Waals surface area contributed by atoms with Crippen LogP contribution in [0.4, 0.5) is 0 Å². The van der Waals surface area contributed by atoms with Crippen LogP contribution in [0.5, 0.6) is 0 Å². The highest BCUT2D eigenvalue weighted by Crippen LogP contribution is 2.17. The molecular formula is C24H39NO6S. The highest BCUT2D eigenvalue weighted by atomic mass is 32.2. The van der Waals surface area contributed by atoms with Crippen molar-refractivity contribution in [2.24, 2.45) is 5.14 Å². The molecular weight excluding hydrogens is 430 g/mol. The number of nitrogens with two attached hydrogens (primary N) is 1. The standard InChI is InChI=1S/C24H39NO6S/c1-3-5-7-9-11-13-15-30-23(26)20-17-21(19-22(18-20)32(25,28)29)24(27)31-16-14-12-10-8-6-4-2/h17-19H,3-16H2,1-2H3,(H2,25,28,29). The number of hydrogen-bond donors (Lipinski definition) is 1. The van der Waals surface area contributed by atoms with Gasteiger partial charge in [-0.15, -0.1) is 0 Å². The Labute approximate surface area is 193 Å². The first kappa shape index (κ1) is 28.1. The molecule has 0 amide bonds. The second kappa shape index (κ2) is 15.8. The van der Waals surface area contributed by atoms with Crippen molar-refractivity contribution in [3.8, 4) is 0 Å². The lowest BCUT2D eigenvalue weighted by Crippen LogP contribution is -2.16. The maximum Gasteiger partial charge on any atom is 0.338 e. The second-order valence-corrected chi connectivity index (χ2v) is 9.66. The van der Waals surface area contributed by atoms with Crippen molar-refractivity contribution in [1.29, 1.82) is 0 Å². The van der Waals surface area contributed by atoms with Crippen molar-refractivity contribution < 1.29 is 27.5 Å². The van der Waals surface area contributed by atoms with E-state index in [1.807, 2.05) is 0 Å². The summed E-state index contributed by atoms with van der Waals surface area (Å²) in [4.78, 5) is 24.5. The molecule has 0 heterocycles. The molecule has 0 unspecified atom stereocenters. The van der Waals surface area contributed by atoms with E-state index in [0.717, 1.165) is 63.5 Å². The molecule has 0 aliphatic carbocycles. The minimum atomic E-state index is -4.11. The molecule has 0 atom stereocenters. The van der Waals surface area contributed by atoms with Crippen molar-refractivity contribution in [3.05, 3.63) is 29.3 Å². The topological polar surface area (TPSA) is 113 Å². The molecule has 32 heavy (non-hydrogen) atoms. The third-order valence-corrected chi connectivity index (χ3v) is 6.06. The number of sulfonamides is 1. The van der Waals surface area contributed by atoms with Gasteiger partial charge in [-0.25, -0.2) is 23.1 Å². The molecule has 0 radical (unpaired) electrons. The van der Waals surface area contributed by atoms with Crippen molar-refractivity contribution in [3.63, 3.8) is 0 Å². The zero-order valence-corrected chi connectivity index (χ0v) is 20.4. The number of hydrogen-bond acceptors (Lipinski definition) is 6. The van der Waals surface area contributed by atoms with Crippen LogP contribution in [0, 0.1) is 0 Å². The molecule has 1 aromatic carbocycles. The average molecular weight is 470 g/mol. The van der Waals surface area contributed by atoms with Crippen molar-refractivity contribution >= 4 is 22.0 Å². The van der Waals surface area contributed by atoms with Gasteiger partial charge < -0.3 is 9.47 Å². The number of ether oxygens (including phenoxy) is 2. The van der Waals surface area contributed by atoms with Crippen LogP contribution in [0.3, 0.4) is 0 Å². The first-order chi connectivity index (χ1) is 15.3. The van der Waals surface area contributed by atoms with Gasteiger partial charge in [0.25, 0.3) is 0 Å². The molecule has 7 nitrogen and oxygen atoms in total. The predicted molar refractivity (Wildman–Crippen MR) is 125 cm³/mol. The van der Waals surface area contributed by atoms with Crippen LogP contribution in [0.1, 0.15) is 112 Å². The normalized spacial score (nSPS) is 11.3. The van der Waals surface area contributed by atoms with E-state index in [0.29, 0.717) is 0 Å². The molecule has 0 aliphatic rings. The van der Waals surface area contributed by atoms with Crippen LogP contribution in [0.2, 0.25) is 0 Å². The Balaban J connectivity index is 2.67. The summed E-state index contributed by atoms with van der Waals surface area (Å²) in [6, 6.07) is 3.55. The minimum absolute atomic E-state index is 0.0333. The average Bonchev–Trinajstić information content (AvgIpc) is 2.76. The molecule has 0 aliphatic heterocycles. The number of rotatable bonds is 17. The predicted octanol–water partition coefficient (Wildman–Crippen LogP) is 5.37. The first-order valence-corrected chi connectivity index (χ1v) is 13.4. The largest absolute Gasteiger partial charge is 0.462 e. The number of carbonyl (C=O) groups is 2. The zero-order chi connectivity index (χ0) is 23.8. The van der Waals surface area contributed by atoms with Crippen LogP contribution >= 0.6 is 0 Å². The Kier molecular flexibility index (Phi) is 13.9. The second-order valence-electron chi connectivity index (χ2n) is 8.10. The van der Waals surface area contributed by atoms with Crippen LogP contribution in [0.25, 0.3) is 0 Å². The number of carbonyl (C=O) groups excluding carboxylic acids is 2. The third-order valence-electron chi connectivity index (χ3n) is 5.17. The number of benzene rings is 1. The van der Waals surface area contributed by atoms with Gasteiger partial charge in [-0.2, -0.15) is 0 Å². The van der Waals surface area contributed by atoms with Crippen molar-refractivity contribution in [1.82, 2.24) is 0 Å². The Morgan fingerprint density at radius 3 is 1.44 bits per heavy atom. The summed E-state index contributed by atoms with van der Waals surface area (Å²) in [5.41, 5.74) is -0.0666. The molecule has 0 spiro atoms. The van der Waals surface area contributed by atoms with Gasteiger partial charge in [0.1, 0.15) is 0 Å². The molecule has 8 heteroatoms. The summed E-state index contributed by atoms with van der Waals surface area (Å²) >= 11 is 0. The van der Waals surface area contributed by atoms with Crippen LogP contribution in [-0.4, -0.2) is 33.6 Å². The monoisotopic (exact) mass is 469 g/mol. The van der Waals surface area contributed by atoms with E-state index in [1.54, 1.807) is 0 Å². The molecule has 2 N–H and O–H groups in total. The van der Waals surface area contributed by atoms with Crippen molar-refractivity contribution in [2.75, 3.05) is 13.2 Å². The maximum atomic E-state index is 12.4. The van der Waals surface area contributed by atoms with Crippen molar-refractivity contribution in [2.45, 2.75) is 95.8 Å². The van der Waals surface area contributed by atoms with Crippen LogP contribution in [0.15, 0.2) is 23.1 Å². The van der Waals surface area contributed by atoms with Gasteiger partial charge in [-0.1, -0.05) is 78.1 Å². The summed E-state index contributed by atoms with van der Waals surface area (Å²) < 4.78 is 34.2. The summed E-state index contributed by atoms with van der Waals surface area (Å²) in [7, 11) is -4.11. The number of unbranched alkanes of at least 4 members (excludes halogenated alkanes) is 10. The van der Waals surface area contributed by atoms with E-state index >= 15 is 0 Å². The van der Waals surface area contributed by atoms with E-state index in [1.165, 1.54) is 31.7 Å². The lowest BCUT2D eigenvalue weighted by molar-refractivity contribution is 0.0495. The van der Waals surface area contributed by atoms with E-state index in [2.05, 4.69) is 13.8 Å². The highest BCUT2D eigenvalue weighted by molar-refractivity contribution is 7.89. The molecule has 182 valence electrons. The van der Waals surface area contributed by atoms with Crippen LogP contribution in [-0.2, 0) is 19.5 Å². The van der Waals surface area contributed by atoms with E-state index in [-0.39, 0.29) is 29.2 Å². The summed E-state index contributed by atoms with van der Waals surface area (Å²) in [5.74, 6) is -1.37. The lowest BCUT2D eigenvalue weighted by atomic mass is 10.1. The maximum absolute atomic E-state index is 12.4. The van der Waals surface area contributed by atoms with Gasteiger partial charge in [0.2, 0.25) is 10.0 Å². The third kappa shape index (κ3) is 11.6. The first-order valence-electron chi connectivity index (χ1n) is 11.8. The summed E-state index contributed by atoms with van der Waals surface area (Å²) in [5, 5.41) is 5.22. The van der Waals surface area contributed by atoms with Gasteiger partial charge in [0, 0.05) is 0 Å². The molecule has 0 aromatic heterocycles. The van der Waals surface area contributed by atoms with E-state index in [9.17, 15) is 18.0 Å². The van der Waals surface area contributed by atoms with Gasteiger partial charge in [0.15, 0.2) is 0 Å². The molecule has 0 saturated heterocycles. The molecule has 0 bridgehead atoms. The molecule has 0 saturated carbocycles. The zero-order valence-electron chi connectivity index (χ0n) is 19.6. The fourth-order valence-electron chi connectivity index (χ4n) is 3.26. The Hall–Kier alpha value is -1.93. The summed E-state index contributed by atoms with van der Waals surface area (Å²) in [6.07, 6.45) is 12.6. The van der Waals surface area contributed by atoms with Gasteiger partial charge >= 0.3 is 11.9 Å². The number of primary sulfonamides is 1. The van der Waals surface area contributed by atoms with E-state index in [4.69, 9.17) is 14.6 Å². The number of esters is 2.